The van der Waals surface area contributed by atoms with Crippen molar-refractivity contribution in [3.63, 3.8) is 0 Å². The van der Waals surface area contributed by atoms with Crippen LogP contribution in [0.4, 0.5) is 4.79 Å². The molecular weight excluding hydrogens is 350 g/mol. The van der Waals surface area contributed by atoms with Crippen molar-refractivity contribution in [2.45, 2.75) is 54.3 Å². The minimum atomic E-state index is -0.799. The zero-order valence-electron chi connectivity index (χ0n) is 15.1. The Morgan fingerprint density at radius 2 is 1.96 bits per heavy atom. The number of likely N-dealkylation sites (N-methyl/N-ethyl adjacent to an activating group) is 1. The Balaban J connectivity index is 1.36. The van der Waals surface area contributed by atoms with Crippen molar-refractivity contribution < 1.29 is 14.7 Å². The summed E-state index contributed by atoms with van der Waals surface area (Å²) >= 11 is 1.85. The first-order valence-corrected chi connectivity index (χ1v) is 10.1. The molecule has 0 unspecified atom stereocenters. The van der Waals surface area contributed by atoms with Crippen LogP contribution in [0.5, 0.6) is 0 Å². The average Bonchev–Trinajstić information content (AvgIpc) is 3.34. The van der Waals surface area contributed by atoms with Gasteiger partial charge in [0.2, 0.25) is 0 Å². The lowest BCUT2D eigenvalue weighted by Crippen LogP contribution is -2.56. The van der Waals surface area contributed by atoms with Crippen molar-refractivity contribution in [1.82, 2.24) is 15.5 Å². The predicted molar refractivity (Wildman–Crippen MR) is 102 cm³/mol. The fourth-order valence-corrected chi connectivity index (χ4v) is 4.59. The Kier molecular flexibility index (Phi) is 6.09. The molecule has 2 amide bonds. The predicted octanol–water partition coefficient (Wildman–Crippen LogP) is 2.55. The van der Waals surface area contributed by atoms with Crippen molar-refractivity contribution in [3.05, 3.63) is 30.3 Å². The lowest BCUT2D eigenvalue weighted by molar-refractivity contribution is -0.139. The van der Waals surface area contributed by atoms with E-state index in [-0.39, 0.29) is 29.4 Å². The molecule has 26 heavy (non-hydrogen) atoms. The van der Waals surface area contributed by atoms with Crippen LogP contribution >= 0.6 is 11.8 Å². The number of aliphatic carboxylic acids is 1. The Bertz CT molecular complexity index is 630. The standard InChI is InChI=1S/C19H27N3O3S/c1-2-22(12-17(23)24)15-10-14(11-15)21-18(25)20-13-19(8-9-19)26-16-6-4-3-5-7-16/h3-7,14-15H,2,8-13H2,1H3,(H,23,24)(H2,20,21,25). The van der Waals surface area contributed by atoms with E-state index in [2.05, 4.69) is 22.8 Å². The van der Waals surface area contributed by atoms with Crippen LogP contribution in [0.3, 0.4) is 0 Å². The number of benzene rings is 1. The quantitative estimate of drug-likeness (QED) is 0.616. The van der Waals surface area contributed by atoms with E-state index in [1.807, 2.05) is 41.8 Å². The fraction of sp³-hybridized carbons (Fsp3) is 0.579. The van der Waals surface area contributed by atoms with E-state index in [1.165, 1.54) is 4.90 Å². The molecule has 6 nitrogen and oxygen atoms in total. The number of hydrogen-bond donors (Lipinski definition) is 3. The van der Waals surface area contributed by atoms with Gasteiger partial charge in [0.25, 0.3) is 0 Å². The zero-order valence-corrected chi connectivity index (χ0v) is 15.9. The van der Waals surface area contributed by atoms with Gasteiger partial charge in [0.05, 0.1) is 6.54 Å². The largest absolute Gasteiger partial charge is 0.480 e. The first kappa shape index (κ1) is 19.0. The lowest BCUT2D eigenvalue weighted by atomic mass is 9.85. The van der Waals surface area contributed by atoms with Crippen LogP contribution in [0.25, 0.3) is 0 Å². The Hall–Kier alpha value is -1.73. The highest BCUT2D eigenvalue weighted by Gasteiger charge is 2.44. The van der Waals surface area contributed by atoms with E-state index < -0.39 is 5.97 Å². The topological polar surface area (TPSA) is 81.7 Å². The summed E-state index contributed by atoms with van der Waals surface area (Å²) in [5.74, 6) is -0.799. The molecule has 3 rings (SSSR count). The molecule has 2 fully saturated rings. The van der Waals surface area contributed by atoms with Crippen LogP contribution in [-0.2, 0) is 4.79 Å². The minimum absolute atomic E-state index is 0.0688. The molecule has 0 spiro atoms. The molecule has 0 atom stereocenters. The maximum Gasteiger partial charge on any atom is 0.317 e. The molecule has 0 saturated heterocycles. The molecule has 0 aromatic heterocycles. The molecule has 0 heterocycles. The van der Waals surface area contributed by atoms with E-state index in [4.69, 9.17) is 5.11 Å². The van der Waals surface area contributed by atoms with Gasteiger partial charge in [0, 0.05) is 28.3 Å². The molecule has 0 radical (unpaired) electrons. The van der Waals surface area contributed by atoms with Crippen LogP contribution in [0.1, 0.15) is 32.6 Å². The van der Waals surface area contributed by atoms with Crippen molar-refractivity contribution in [1.29, 1.82) is 0 Å². The number of carbonyl (C=O) groups is 2. The molecule has 0 aliphatic heterocycles. The first-order chi connectivity index (χ1) is 12.5. The van der Waals surface area contributed by atoms with Gasteiger partial charge >= 0.3 is 12.0 Å². The highest BCUT2D eigenvalue weighted by atomic mass is 32.2. The van der Waals surface area contributed by atoms with Gasteiger partial charge in [-0.25, -0.2) is 4.79 Å². The molecule has 7 heteroatoms. The number of nitrogens with zero attached hydrogens (tertiary/aromatic N) is 1. The number of amides is 2. The third-order valence-corrected chi connectivity index (χ3v) is 6.66. The average molecular weight is 378 g/mol. The number of rotatable bonds is 9. The van der Waals surface area contributed by atoms with Crippen LogP contribution < -0.4 is 10.6 Å². The van der Waals surface area contributed by atoms with Crippen LogP contribution in [-0.4, -0.2) is 58.5 Å². The summed E-state index contributed by atoms with van der Waals surface area (Å²) in [6.45, 7) is 3.43. The molecule has 3 N–H and O–H groups in total. The Morgan fingerprint density at radius 3 is 2.54 bits per heavy atom. The van der Waals surface area contributed by atoms with Crippen LogP contribution in [0.15, 0.2) is 35.2 Å². The number of carboxylic acid groups (broad SMARTS) is 1. The SMILES string of the molecule is CCN(CC(=O)O)C1CC(NC(=O)NCC2(Sc3ccccc3)CC2)C1. The summed E-state index contributed by atoms with van der Waals surface area (Å²) in [5, 5.41) is 15.0. The monoisotopic (exact) mass is 377 g/mol. The fourth-order valence-electron chi connectivity index (χ4n) is 3.35. The van der Waals surface area contributed by atoms with E-state index >= 15 is 0 Å². The smallest absolute Gasteiger partial charge is 0.317 e. The van der Waals surface area contributed by atoms with Gasteiger partial charge in [-0.15, -0.1) is 11.8 Å². The van der Waals surface area contributed by atoms with Gasteiger partial charge in [-0.3, -0.25) is 9.69 Å². The van der Waals surface area contributed by atoms with Gasteiger partial charge in [-0.2, -0.15) is 0 Å². The van der Waals surface area contributed by atoms with Gasteiger partial charge in [0.15, 0.2) is 0 Å². The summed E-state index contributed by atoms with van der Waals surface area (Å²) in [6, 6.07) is 10.6. The molecule has 2 aliphatic rings. The zero-order chi connectivity index (χ0) is 18.6. The Labute approximate surface area is 158 Å². The molecule has 142 valence electrons. The van der Waals surface area contributed by atoms with Crippen LogP contribution in [0, 0.1) is 0 Å². The van der Waals surface area contributed by atoms with Crippen molar-refractivity contribution >= 4 is 23.8 Å². The number of thioether (sulfide) groups is 1. The molecule has 1 aromatic carbocycles. The highest BCUT2D eigenvalue weighted by Crippen LogP contribution is 2.51. The molecule has 2 saturated carbocycles. The highest BCUT2D eigenvalue weighted by molar-refractivity contribution is 8.01. The normalized spacial score (nSPS) is 23.2. The maximum atomic E-state index is 12.2. The molecule has 0 bridgehead atoms. The van der Waals surface area contributed by atoms with E-state index in [0.29, 0.717) is 6.54 Å². The van der Waals surface area contributed by atoms with Crippen molar-refractivity contribution in [2.75, 3.05) is 19.6 Å². The first-order valence-electron chi connectivity index (χ1n) is 9.24. The number of carboxylic acids is 1. The van der Waals surface area contributed by atoms with E-state index in [1.54, 1.807) is 0 Å². The van der Waals surface area contributed by atoms with Crippen molar-refractivity contribution in [3.8, 4) is 0 Å². The van der Waals surface area contributed by atoms with Gasteiger partial charge in [-0.05, 0) is 44.4 Å². The maximum absolute atomic E-state index is 12.2. The summed E-state index contributed by atoms with van der Waals surface area (Å²) in [5.41, 5.74) is 0. The number of nitrogens with one attached hydrogen (secondary N) is 2. The second kappa shape index (κ2) is 8.31. The molecule has 1 aromatic rings. The third-order valence-electron chi connectivity index (χ3n) is 5.17. The second-order valence-corrected chi connectivity index (χ2v) is 8.75. The number of carbonyl (C=O) groups excluding carboxylic acids is 1. The summed E-state index contributed by atoms with van der Waals surface area (Å²) in [7, 11) is 0. The van der Waals surface area contributed by atoms with E-state index in [9.17, 15) is 9.59 Å². The summed E-state index contributed by atoms with van der Waals surface area (Å²) in [4.78, 5) is 26.2. The van der Waals surface area contributed by atoms with Crippen molar-refractivity contribution in [2.24, 2.45) is 0 Å². The number of hydrogen-bond acceptors (Lipinski definition) is 4. The summed E-state index contributed by atoms with van der Waals surface area (Å²) < 4.78 is 0.140. The van der Waals surface area contributed by atoms with E-state index in [0.717, 1.165) is 32.2 Å². The number of urea groups is 1. The van der Waals surface area contributed by atoms with Gasteiger partial charge < -0.3 is 15.7 Å². The minimum Gasteiger partial charge on any atom is -0.480 e. The molecule has 2 aliphatic carbocycles. The van der Waals surface area contributed by atoms with Gasteiger partial charge in [-0.1, -0.05) is 25.1 Å². The summed E-state index contributed by atoms with van der Waals surface area (Å²) in [6.07, 6.45) is 3.88. The second-order valence-electron chi connectivity index (χ2n) is 7.20. The molecular formula is C19H27N3O3S. The Morgan fingerprint density at radius 1 is 1.27 bits per heavy atom. The van der Waals surface area contributed by atoms with Crippen LogP contribution in [0.2, 0.25) is 0 Å². The lowest BCUT2D eigenvalue weighted by Gasteiger charge is -2.42. The third kappa shape index (κ3) is 5.14. The van der Waals surface area contributed by atoms with Gasteiger partial charge in [0.1, 0.15) is 0 Å².